The Labute approximate surface area is 146 Å². The molecular formula is C15H19N3O6S. The number of esters is 1. The van der Waals surface area contributed by atoms with E-state index in [1.165, 1.54) is 38.2 Å². The second-order valence-corrected chi connectivity index (χ2v) is 6.73. The van der Waals surface area contributed by atoms with Gasteiger partial charge in [-0.25, -0.2) is 17.9 Å². The van der Waals surface area contributed by atoms with Gasteiger partial charge in [0.15, 0.2) is 6.61 Å². The van der Waals surface area contributed by atoms with E-state index in [1.54, 1.807) is 0 Å². The molecule has 0 unspecified atom stereocenters. The number of nitrogens with one attached hydrogen (secondary N) is 1. The normalized spacial score (nSPS) is 10.6. The standard InChI is InChI=1S/C15H19N3O6S/c1-17-25(21,22)13-9-11(5-6-12(13)23-3)15(20)24-10-14(19)18(2)8-4-7-16/h5-6,9,17H,4,8,10H2,1-3H3. The molecule has 1 rings (SSSR count). The van der Waals surface area contributed by atoms with E-state index in [2.05, 4.69) is 4.72 Å². The fourth-order valence-corrected chi connectivity index (χ4v) is 2.71. The number of sulfonamides is 1. The summed E-state index contributed by atoms with van der Waals surface area (Å²) in [6.07, 6.45) is 0.167. The van der Waals surface area contributed by atoms with Crippen LogP contribution in [-0.4, -0.2) is 59.6 Å². The fraction of sp³-hybridized carbons (Fsp3) is 0.400. The van der Waals surface area contributed by atoms with Crippen molar-refractivity contribution in [3.8, 4) is 11.8 Å². The minimum absolute atomic E-state index is 0.0397. The van der Waals surface area contributed by atoms with Crippen molar-refractivity contribution in [1.82, 2.24) is 9.62 Å². The van der Waals surface area contributed by atoms with Crippen molar-refractivity contribution in [2.45, 2.75) is 11.3 Å². The number of hydrogen-bond acceptors (Lipinski definition) is 7. The van der Waals surface area contributed by atoms with Crippen LogP contribution >= 0.6 is 0 Å². The number of carbonyl (C=O) groups is 2. The van der Waals surface area contributed by atoms with E-state index in [1.807, 2.05) is 6.07 Å². The third kappa shape index (κ3) is 5.44. The van der Waals surface area contributed by atoms with E-state index in [4.69, 9.17) is 14.7 Å². The van der Waals surface area contributed by atoms with Gasteiger partial charge in [0.1, 0.15) is 10.6 Å². The van der Waals surface area contributed by atoms with Crippen LogP contribution in [-0.2, 0) is 19.6 Å². The Kier molecular flexibility index (Phi) is 7.35. The summed E-state index contributed by atoms with van der Waals surface area (Å²) in [7, 11) is 0.179. The minimum atomic E-state index is -3.84. The van der Waals surface area contributed by atoms with Gasteiger partial charge in [0, 0.05) is 13.6 Å². The molecule has 9 nitrogen and oxygen atoms in total. The first-order valence-electron chi connectivity index (χ1n) is 7.16. The third-order valence-electron chi connectivity index (χ3n) is 3.27. The van der Waals surface area contributed by atoms with Crippen LogP contribution in [0.5, 0.6) is 5.75 Å². The van der Waals surface area contributed by atoms with E-state index in [9.17, 15) is 18.0 Å². The zero-order chi connectivity index (χ0) is 19.0. The predicted octanol–water partition coefficient (Wildman–Crippen LogP) is 0.132. The molecule has 0 atom stereocenters. The molecular weight excluding hydrogens is 350 g/mol. The molecule has 1 aromatic rings. The van der Waals surface area contributed by atoms with Crippen LogP contribution in [0, 0.1) is 11.3 Å². The Bertz CT molecular complexity index is 785. The zero-order valence-corrected chi connectivity index (χ0v) is 14.9. The van der Waals surface area contributed by atoms with Crippen molar-refractivity contribution in [2.24, 2.45) is 0 Å². The average Bonchev–Trinajstić information content (AvgIpc) is 2.62. The summed E-state index contributed by atoms with van der Waals surface area (Å²) in [4.78, 5) is 24.9. The van der Waals surface area contributed by atoms with E-state index < -0.39 is 28.5 Å². The molecule has 0 aliphatic heterocycles. The Morgan fingerprint density at radius 2 is 2.04 bits per heavy atom. The minimum Gasteiger partial charge on any atom is -0.495 e. The third-order valence-corrected chi connectivity index (χ3v) is 4.70. The van der Waals surface area contributed by atoms with Crippen LogP contribution in [0.1, 0.15) is 16.8 Å². The summed E-state index contributed by atoms with van der Waals surface area (Å²) >= 11 is 0. The summed E-state index contributed by atoms with van der Waals surface area (Å²) in [5, 5.41) is 8.48. The van der Waals surface area contributed by atoms with Crippen LogP contribution in [0.4, 0.5) is 0 Å². The largest absolute Gasteiger partial charge is 0.495 e. The summed E-state index contributed by atoms with van der Waals surface area (Å²) in [5.41, 5.74) is -0.0397. The molecule has 0 radical (unpaired) electrons. The topological polar surface area (TPSA) is 126 Å². The predicted molar refractivity (Wildman–Crippen MR) is 87.4 cm³/mol. The van der Waals surface area contributed by atoms with Gasteiger partial charge in [0.25, 0.3) is 5.91 Å². The van der Waals surface area contributed by atoms with Crippen LogP contribution in [0.2, 0.25) is 0 Å². The second-order valence-electron chi connectivity index (χ2n) is 4.87. The number of benzene rings is 1. The van der Waals surface area contributed by atoms with Crippen molar-refractivity contribution >= 4 is 21.9 Å². The van der Waals surface area contributed by atoms with Crippen LogP contribution in [0.25, 0.3) is 0 Å². The summed E-state index contributed by atoms with van der Waals surface area (Å²) in [5.74, 6) is -1.25. The van der Waals surface area contributed by atoms with Crippen molar-refractivity contribution in [3.05, 3.63) is 23.8 Å². The lowest BCUT2D eigenvalue weighted by Crippen LogP contribution is -2.32. The van der Waals surface area contributed by atoms with Gasteiger partial charge in [-0.3, -0.25) is 4.79 Å². The smallest absolute Gasteiger partial charge is 0.338 e. The number of nitriles is 1. The molecule has 136 valence electrons. The first-order chi connectivity index (χ1) is 11.8. The monoisotopic (exact) mass is 369 g/mol. The molecule has 1 N–H and O–H groups in total. The Hall–Kier alpha value is -2.64. The highest BCUT2D eigenvalue weighted by atomic mass is 32.2. The summed E-state index contributed by atoms with van der Waals surface area (Å²) in [6, 6.07) is 5.67. The Morgan fingerprint density at radius 3 is 2.60 bits per heavy atom. The highest BCUT2D eigenvalue weighted by Gasteiger charge is 2.21. The van der Waals surface area contributed by atoms with Gasteiger partial charge in [-0.05, 0) is 25.2 Å². The Morgan fingerprint density at radius 1 is 1.36 bits per heavy atom. The van der Waals surface area contributed by atoms with Gasteiger partial charge < -0.3 is 14.4 Å². The van der Waals surface area contributed by atoms with Gasteiger partial charge in [-0.15, -0.1) is 0 Å². The lowest BCUT2D eigenvalue weighted by Gasteiger charge is -2.15. The molecule has 0 saturated carbocycles. The van der Waals surface area contributed by atoms with E-state index in [0.717, 1.165) is 6.07 Å². The van der Waals surface area contributed by atoms with Gasteiger partial charge in [0.05, 0.1) is 25.2 Å². The van der Waals surface area contributed by atoms with Crippen molar-refractivity contribution < 1.29 is 27.5 Å². The lowest BCUT2D eigenvalue weighted by molar-refractivity contribution is -0.133. The van der Waals surface area contributed by atoms with Gasteiger partial charge in [-0.1, -0.05) is 0 Å². The van der Waals surface area contributed by atoms with Crippen LogP contribution < -0.4 is 9.46 Å². The van der Waals surface area contributed by atoms with Crippen LogP contribution in [0.15, 0.2) is 23.1 Å². The van der Waals surface area contributed by atoms with E-state index >= 15 is 0 Å². The number of likely N-dealkylation sites (N-methyl/N-ethyl adjacent to an activating group) is 1. The lowest BCUT2D eigenvalue weighted by atomic mass is 10.2. The number of hydrogen-bond donors (Lipinski definition) is 1. The molecule has 0 aliphatic rings. The van der Waals surface area contributed by atoms with Crippen LogP contribution in [0.3, 0.4) is 0 Å². The second kappa shape index (κ2) is 9.00. The first-order valence-corrected chi connectivity index (χ1v) is 8.64. The maximum atomic E-state index is 12.1. The first kappa shape index (κ1) is 20.4. The molecule has 0 aromatic heterocycles. The number of nitrogens with zero attached hydrogens (tertiary/aromatic N) is 2. The molecule has 0 fully saturated rings. The highest BCUT2D eigenvalue weighted by molar-refractivity contribution is 7.89. The molecule has 0 bridgehead atoms. The maximum Gasteiger partial charge on any atom is 0.338 e. The summed E-state index contributed by atoms with van der Waals surface area (Å²) < 4.78 is 36.0. The summed E-state index contributed by atoms with van der Waals surface area (Å²) in [6.45, 7) is -0.291. The Balaban J connectivity index is 2.88. The van der Waals surface area contributed by atoms with Gasteiger partial charge >= 0.3 is 5.97 Å². The van der Waals surface area contributed by atoms with Crippen molar-refractivity contribution in [3.63, 3.8) is 0 Å². The number of methoxy groups -OCH3 is 1. The molecule has 0 spiro atoms. The van der Waals surface area contributed by atoms with Crippen molar-refractivity contribution in [1.29, 1.82) is 5.26 Å². The number of rotatable bonds is 8. The molecule has 10 heteroatoms. The molecule has 0 saturated heterocycles. The quantitative estimate of drug-likeness (QED) is 0.646. The maximum absolute atomic E-state index is 12.1. The zero-order valence-electron chi connectivity index (χ0n) is 14.1. The fourth-order valence-electron chi connectivity index (χ4n) is 1.79. The molecule has 1 aromatic carbocycles. The highest BCUT2D eigenvalue weighted by Crippen LogP contribution is 2.24. The van der Waals surface area contributed by atoms with E-state index in [0.29, 0.717) is 0 Å². The molecule has 1 amide bonds. The number of carbonyl (C=O) groups excluding carboxylic acids is 2. The van der Waals surface area contributed by atoms with Gasteiger partial charge in [0.2, 0.25) is 10.0 Å². The number of ether oxygens (including phenoxy) is 2. The molecule has 0 heterocycles. The van der Waals surface area contributed by atoms with Crippen molar-refractivity contribution in [2.75, 3.05) is 34.4 Å². The number of amides is 1. The van der Waals surface area contributed by atoms with E-state index in [-0.39, 0.29) is 29.2 Å². The van der Waals surface area contributed by atoms with Gasteiger partial charge in [-0.2, -0.15) is 5.26 Å². The average molecular weight is 369 g/mol. The SMILES string of the molecule is CNS(=O)(=O)c1cc(C(=O)OCC(=O)N(C)CCC#N)ccc1OC. The molecule has 0 aliphatic carbocycles. The molecule has 25 heavy (non-hydrogen) atoms.